The largest absolute Gasteiger partial charge is 0.238 e. The minimum Gasteiger partial charge on any atom is -0.236 e. The lowest BCUT2D eigenvalue weighted by Gasteiger charge is -2.00. The van der Waals surface area contributed by atoms with Crippen LogP contribution < -0.4 is 5.14 Å². The Morgan fingerprint density at radius 3 is 2.17 bits per heavy atom. The van der Waals surface area contributed by atoms with Crippen molar-refractivity contribution in [2.75, 3.05) is 0 Å². The molecule has 0 unspecified atom stereocenters. The second-order valence-electron chi connectivity index (χ2n) is 4.80. The maximum absolute atomic E-state index is 11.3. The molecule has 1 heterocycles. The zero-order chi connectivity index (χ0) is 16.4. The maximum Gasteiger partial charge on any atom is 0.238 e. The number of rotatable bonds is 3. The summed E-state index contributed by atoms with van der Waals surface area (Å²) in [7, 11) is -3.69. The van der Waals surface area contributed by atoms with Gasteiger partial charge in [-0.05, 0) is 24.3 Å². The first kappa shape index (κ1) is 15.4. The number of nitrogens with two attached hydrogens (primary N) is 1. The van der Waals surface area contributed by atoms with Gasteiger partial charge in [-0.25, -0.2) is 18.5 Å². The third kappa shape index (κ3) is 3.29. The number of nitrogens with zero attached hydrogens (tertiary/aromatic N) is 2. The van der Waals surface area contributed by atoms with E-state index in [1.165, 1.54) is 23.5 Å². The molecule has 3 rings (SSSR count). The highest BCUT2D eigenvalue weighted by Crippen LogP contribution is 2.29. The number of primary sulfonamides is 1. The molecule has 0 spiro atoms. The van der Waals surface area contributed by atoms with E-state index in [0.29, 0.717) is 5.56 Å². The predicted octanol–water partition coefficient (Wildman–Crippen LogP) is 3.00. The quantitative estimate of drug-likeness (QED) is 0.792. The van der Waals surface area contributed by atoms with Gasteiger partial charge in [0.05, 0.1) is 22.2 Å². The van der Waals surface area contributed by atoms with Crippen molar-refractivity contribution >= 4 is 21.4 Å². The highest BCUT2D eigenvalue weighted by atomic mass is 32.2. The molecule has 114 valence electrons. The van der Waals surface area contributed by atoms with E-state index in [0.717, 1.165) is 21.8 Å². The summed E-state index contributed by atoms with van der Waals surface area (Å²) in [5.41, 5.74) is 3.11. The molecule has 1 aromatic heterocycles. The Balaban J connectivity index is 1.91. The van der Waals surface area contributed by atoms with Gasteiger partial charge in [-0.15, -0.1) is 11.3 Å². The maximum atomic E-state index is 11.3. The summed E-state index contributed by atoms with van der Waals surface area (Å²) in [5, 5.41) is 16.6. The lowest BCUT2D eigenvalue weighted by Crippen LogP contribution is -2.11. The van der Waals surface area contributed by atoms with Crippen LogP contribution in [-0.4, -0.2) is 13.4 Å². The summed E-state index contributed by atoms with van der Waals surface area (Å²) >= 11 is 1.48. The molecule has 0 radical (unpaired) electrons. The van der Waals surface area contributed by atoms with Crippen LogP contribution in [0.3, 0.4) is 0 Å². The van der Waals surface area contributed by atoms with Crippen LogP contribution in [0.4, 0.5) is 0 Å². The Kier molecular flexibility index (Phi) is 3.96. The van der Waals surface area contributed by atoms with Gasteiger partial charge >= 0.3 is 0 Å². The fourth-order valence-corrected chi connectivity index (χ4v) is 3.39. The molecule has 2 N–H and O–H groups in total. The average molecular weight is 341 g/mol. The van der Waals surface area contributed by atoms with Gasteiger partial charge in [0, 0.05) is 16.5 Å². The van der Waals surface area contributed by atoms with Crippen molar-refractivity contribution < 1.29 is 8.42 Å². The number of sulfonamides is 1. The number of hydrogen-bond donors (Lipinski definition) is 1. The van der Waals surface area contributed by atoms with Gasteiger partial charge in [-0.3, -0.25) is 0 Å². The smallest absolute Gasteiger partial charge is 0.236 e. The average Bonchev–Trinajstić information content (AvgIpc) is 3.04. The third-order valence-corrected chi connectivity index (χ3v) is 5.06. The summed E-state index contributed by atoms with van der Waals surface area (Å²) in [6.45, 7) is 0. The van der Waals surface area contributed by atoms with E-state index in [1.807, 2.05) is 17.5 Å². The van der Waals surface area contributed by atoms with Gasteiger partial charge in [0.15, 0.2) is 0 Å². The van der Waals surface area contributed by atoms with Crippen molar-refractivity contribution in [1.82, 2.24) is 4.98 Å². The predicted molar refractivity (Wildman–Crippen MR) is 89.1 cm³/mol. The fraction of sp³-hybridized carbons (Fsp3) is 0. The SMILES string of the molecule is N#Cc1ccc(-c2nc(-c3ccc(S(N)(=O)=O)cc3)cs2)cc1. The molecule has 0 atom stereocenters. The molecule has 0 bridgehead atoms. The molecule has 23 heavy (non-hydrogen) atoms. The molecule has 0 aliphatic rings. The zero-order valence-electron chi connectivity index (χ0n) is 11.8. The van der Waals surface area contributed by atoms with Gasteiger partial charge in [0.25, 0.3) is 0 Å². The van der Waals surface area contributed by atoms with Crippen molar-refractivity contribution in [3.63, 3.8) is 0 Å². The molecule has 0 aliphatic carbocycles. The number of aromatic nitrogens is 1. The molecule has 2 aromatic carbocycles. The zero-order valence-corrected chi connectivity index (χ0v) is 13.4. The second-order valence-corrected chi connectivity index (χ2v) is 7.22. The number of hydrogen-bond acceptors (Lipinski definition) is 5. The van der Waals surface area contributed by atoms with E-state index in [1.54, 1.807) is 24.3 Å². The molecule has 5 nitrogen and oxygen atoms in total. The van der Waals surface area contributed by atoms with Gasteiger partial charge in [0.1, 0.15) is 5.01 Å². The standard InChI is InChI=1S/C16H11N3O2S2/c17-9-11-1-3-13(4-2-11)16-19-15(10-22-16)12-5-7-14(8-6-12)23(18,20)21/h1-8,10H,(H2,18,20,21). The highest BCUT2D eigenvalue weighted by Gasteiger charge is 2.10. The minimum atomic E-state index is -3.69. The molecule has 0 saturated heterocycles. The van der Waals surface area contributed by atoms with Crippen LogP contribution in [0.1, 0.15) is 5.56 Å². The Morgan fingerprint density at radius 1 is 1.00 bits per heavy atom. The van der Waals surface area contributed by atoms with Crippen LogP contribution in [0.5, 0.6) is 0 Å². The van der Waals surface area contributed by atoms with E-state index in [4.69, 9.17) is 10.4 Å². The van der Waals surface area contributed by atoms with E-state index in [2.05, 4.69) is 11.1 Å². The van der Waals surface area contributed by atoms with Gasteiger partial charge in [-0.2, -0.15) is 5.26 Å². The molecule has 0 saturated carbocycles. The third-order valence-electron chi connectivity index (χ3n) is 3.24. The van der Waals surface area contributed by atoms with Gasteiger partial charge in [-0.1, -0.05) is 24.3 Å². The van der Waals surface area contributed by atoms with Crippen molar-refractivity contribution in [2.45, 2.75) is 4.90 Å². The van der Waals surface area contributed by atoms with Crippen LogP contribution in [0.25, 0.3) is 21.8 Å². The number of thiazole rings is 1. The monoisotopic (exact) mass is 341 g/mol. The van der Waals surface area contributed by atoms with Crippen molar-refractivity contribution in [3.05, 3.63) is 59.5 Å². The van der Waals surface area contributed by atoms with Crippen molar-refractivity contribution in [3.8, 4) is 27.9 Å². The first-order valence-corrected chi connectivity index (χ1v) is 8.99. The van der Waals surface area contributed by atoms with Gasteiger partial charge in [0.2, 0.25) is 10.0 Å². The number of benzene rings is 2. The first-order valence-electron chi connectivity index (χ1n) is 6.57. The molecule has 3 aromatic rings. The number of nitriles is 1. The van der Waals surface area contributed by atoms with Crippen LogP contribution in [0, 0.1) is 11.3 Å². The Hall–Kier alpha value is -2.53. The van der Waals surface area contributed by atoms with Crippen molar-refractivity contribution in [2.24, 2.45) is 5.14 Å². The molecular weight excluding hydrogens is 330 g/mol. The Labute approximate surface area is 137 Å². The normalized spacial score (nSPS) is 11.1. The van der Waals surface area contributed by atoms with Crippen LogP contribution >= 0.6 is 11.3 Å². The summed E-state index contributed by atoms with van der Waals surface area (Å²) in [5.74, 6) is 0. The second kappa shape index (κ2) is 5.93. The summed E-state index contributed by atoms with van der Waals surface area (Å²) in [6.07, 6.45) is 0. The lowest BCUT2D eigenvalue weighted by molar-refractivity contribution is 0.598. The summed E-state index contributed by atoms with van der Waals surface area (Å²) in [4.78, 5) is 4.63. The minimum absolute atomic E-state index is 0.0730. The highest BCUT2D eigenvalue weighted by molar-refractivity contribution is 7.89. The van der Waals surface area contributed by atoms with Crippen LogP contribution in [0.15, 0.2) is 58.8 Å². The van der Waals surface area contributed by atoms with E-state index >= 15 is 0 Å². The van der Waals surface area contributed by atoms with E-state index in [9.17, 15) is 8.42 Å². The fourth-order valence-electron chi connectivity index (χ4n) is 2.04. The lowest BCUT2D eigenvalue weighted by atomic mass is 10.1. The molecule has 0 amide bonds. The molecule has 0 fully saturated rings. The molecular formula is C16H11N3O2S2. The Bertz CT molecular complexity index is 983. The van der Waals surface area contributed by atoms with Crippen LogP contribution in [-0.2, 0) is 10.0 Å². The summed E-state index contributed by atoms with van der Waals surface area (Å²) in [6, 6.07) is 15.6. The topological polar surface area (TPSA) is 96.8 Å². The molecule has 0 aliphatic heterocycles. The Morgan fingerprint density at radius 2 is 1.61 bits per heavy atom. The van der Waals surface area contributed by atoms with Crippen LogP contribution in [0.2, 0.25) is 0 Å². The van der Waals surface area contributed by atoms with E-state index in [-0.39, 0.29) is 4.90 Å². The van der Waals surface area contributed by atoms with Crippen molar-refractivity contribution in [1.29, 1.82) is 5.26 Å². The summed E-state index contributed by atoms with van der Waals surface area (Å²) < 4.78 is 22.5. The van der Waals surface area contributed by atoms with Gasteiger partial charge < -0.3 is 0 Å². The van der Waals surface area contributed by atoms with E-state index < -0.39 is 10.0 Å². The molecule has 7 heteroatoms. The first-order chi connectivity index (χ1) is 11.0.